The van der Waals surface area contributed by atoms with Gasteiger partial charge in [-0.3, -0.25) is 4.79 Å². The van der Waals surface area contributed by atoms with E-state index in [-0.39, 0.29) is 5.91 Å². The minimum atomic E-state index is 0.216. The number of nitrogens with one attached hydrogen (secondary N) is 1. The molecule has 1 unspecified atom stereocenters. The third-order valence-corrected chi connectivity index (χ3v) is 4.65. The third-order valence-electron chi connectivity index (χ3n) is 4.65. The Kier molecular flexibility index (Phi) is 4.06. The molecule has 2 heterocycles. The van der Waals surface area contributed by atoms with E-state index in [0.717, 1.165) is 44.5 Å². The molecule has 0 saturated carbocycles. The summed E-state index contributed by atoms with van der Waals surface area (Å²) < 4.78 is 0. The lowest BCUT2D eigenvalue weighted by Crippen LogP contribution is -2.38. The standard InChI is InChI=1S/C17H24N2O/c1-13-5-3-2-4-10-19(13)17(20)15-7-6-14-8-9-18-12-16(14)11-15/h6-7,11,13,18H,2-5,8-10,12H2,1H3. The van der Waals surface area contributed by atoms with Crippen LogP contribution in [0.25, 0.3) is 0 Å². The maximum atomic E-state index is 12.8. The predicted octanol–water partition coefficient (Wildman–Crippen LogP) is 2.74. The number of nitrogens with zero attached hydrogens (tertiary/aromatic N) is 1. The molecule has 1 aromatic carbocycles. The van der Waals surface area contributed by atoms with Crippen LogP contribution >= 0.6 is 0 Å². The maximum absolute atomic E-state index is 12.8. The van der Waals surface area contributed by atoms with Crippen molar-refractivity contribution in [2.45, 2.75) is 51.6 Å². The largest absolute Gasteiger partial charge is 0.336 e. The lowest BCUT2D eigenvalue weighted by atomic mass is 9.98. The molecule has 1 atom stereocenters. The van der Waals surface area contributed by atoms with Crippen LogP contribution in [0.3, 0.4) is 0 Å². The van der Waals surface area contributed by atoms with Crippen LogP contribution in [-0.2, 0) is 13.0 Å². The minimum absolute atomic E-state index is 0.216. The Labute approximate surface area is 121 Å². The summed E-state index contributed by atoms with van der Waals surface area (Å²) in [7, 11) is 0. The second-order valence-electron chi connectivity index (χ2n) is 6.11. The predicted molar refractivity (Wildman–Crippen MR) is 80.8 cm³/mol. The Morgan fingerprint density at radius 2 is 2.15 bits per heavy atom. The molecular formula is C17H24N2O. The van der Waals surface area contributed by atoms with Crippen molar-refractivity contribution >= 4 is 5.91 Å². The highest BCUT2D eigenvalue weighted by Gasteiger charge is 2.23. The lowest BCUT2D eigenvalue weighted by Gasteiger charge is -2.28. The van der Waals surface area contributed by atoms with Gasteiger partial charge in [0.15, 0.2) is 0 Å². The zero-order valence-electron chi connectivity index (χ0n) is 12.3. The second-order valence-corrected chi connectivity index (χ2v) is 6.11. The number of amides is 1. The van der Waals surface area contributed by atoms with Crippen LogP contribution in [-0.4, -0.2) is 29.9 Å². The molecule has 0 spiro atoms. The van der Waals surface area contributed by atoms with Gasteiger partial charge in [0, 0.05) is 24.7 Å². The van der Waals surface area contributed by atoms with Gasteiger partial charge in [-0.2, -0.15) is 0 Å². The highest BCUT2D eigenvalue weighted by Crippen LogP contribution is 2.21. The molecule has 1 fully saturated rings. The Balaban J connectivity index is 1.82. The van der Waals surface area contributed by atoms with Crippen LogP contribution < -0.4 is 5.32 Å². The van der Waals surface area contributed by atoms with Gasteiger partial charge in [-0.1, -0.05) is 18.9 Å². The summed E-state index contributed by atoms with van der Waals surface area (Å²) in [5.74, 6) is 0.216. The topological polar surface area (TPSA) is 32.3 Å². The first kappa shape index (κ1) is 13.6. The SMILES string of the molecule is CC1CCCCCN1C(=O)c1ccc2c(c1)CNCC2. The molecule has 3 nitrogen and oxygen atoms in total. The van der Waals surface area contributed by atoms with Crippen molar-refractivity contribution in [2.75, 3.05) is 13.1 Å². The first-order valence-corrected chi connectivity index (χ1v) is 7.89. The zero-order valence-corrected chi connectivity index (χ0v) is 12.3. The summed E-state index contributed by atoms with van der Waals surface area (Å²) in [6, 6.07) is 6.64. The van der Waals surface area contributed by atoms with Crippen LogP contribution in [0.4, 0.5) is 0 Å². The van der Waals surface area contributed by atoms with E-state index in [1.807, 2.05) is 6.07 Å². The van der Waals surface area contributed by atoms with Crippen molar-refractivity contribution in [1.29, 1.82) is 0 Å². The second kappa shape index (κ2) is 5.96. The van der Waals surface area contributed by atoms with E-state index < -0.39 is 0 Å². The molecule has 108 valence electrons. The normalized spacial score (nSPS) is 23.1. The van der Waals surface area contributed by atoms with E-state index >= 15 is 0 Å². The van der Waals surface area contributed by atoms with Gasteiger partial charge in [-0.05, 0) is 56.0 Å². The first-order valence-electron chi connectivity index (χ1n) is 7.89. The van der Waals surface area contributed by atoms with Crippen LogP contribution in [0.15, 0.2) is 18.2 Å². The molecule has 1 aromatic rings. The summed E-state index contributed by atoms with van der Waals surface area (Å²) in [6.07, 6.45) is 5.85. The number of likely N-dealkylation sites (tertiary alicyclic amines) is 1. The highest BCUT2D eigenvalue weighted by molar-refractivity contribution is 5.94. The van der Waals surface area contributed by atoms with Gasteiger partial charge in [-0.15, -0.1) is 0 Å². The maximum Gasteiger partial charge on any atom is 0.254 e. The number of benzene rings is 1. The molecule has 3 heteroatoms. The Bertz CT molecular complexity index is 498. The quantitative estimate of drug-likeness (QED) is 0.852. The van der Waals surface area contributed by atoms with E-state index in [2.05, 4.69) is 29.3 Å². The van der Waals surface area contributed by atoms with E-state index in [1.54, 1.807) is 0 Å². The summed E-state index contributed by atoms with van der Waals surface area (Å²) in [4.78, 5) is 14.8. The fourth-order valence-electron chi connectivity index (χ4n) is 3.36. The third kappa shape index (κ3) is 2.73. The van der Waals surface area contributed by atoms with Crippen LogP contribution in [0, 0.1) is 0 Å². The Hall–Kier alpha value is -1.35. The van der Waals surface area contributed by atoms with Crippen LogP contribution in [0.5, 0.6) is 0 Å². The Morgan fingerprint density at radius 3 is 3.05 bits per heavy atom. The molecule has 1 amide bonds. The van der Waals surface area contributed by atoms with Gasteiger partial charge in [0.1, 0.15) is 0 Å². The van der Waals surface area contributed by atoms with Crippen molar-refractivity contribution in [2.24, 2.45) is 0 Å². The Morgan fingerprint density at radius 1 is 1.25 bits per heavy atom. The number of hydrogen-bond donors (Lipinski definition) is 1. The molecule has 0 aliphatic carbocycles. The van der Waals surface area contributed by atoms with Gasteiger partial charge in [-0.25, -0.2) is 0 Å². The van der Waals surface area contributed by atoms with Gasteiger partial charge in [0.05, 0.1) is 0 Å². The number of carbonyl (C=O) groups is 1. The molecule has 0 radical (unpaired) electrons. The van der Waals surface area contributed by atoms with E-state index in [1.165, 1.54) is 24.0 Å². The highest BCUT2D eigenvalue weighted by atomic mass is 16.2. The van der Waals surface area contributed by atoms with Crippen molar-refractivity contribution in [3.05, 3.63) is 34.9 Å². The molecular weight excluding hydrogens is 248 g/mol. The smallest absolute Gasteiger partial charge is 0.254 e. The number of carbonyl (C=O) groups excluding carboxylic acids is 1. The van der Waals surface area contributed by atoms with Crippen molar-refractivity contribution in [3.63, 3.8) is 0 Å². The van der Waals surface area contributed by atoms with Gasteiger partial charge in [0.2, 0.25) is 0 Å². The fraction of sp³-hybridized carbons (Fsp3) is 0.588. The van der Waals surface area contributed by atoms with E-state index in [0.29, 0.717) is 6.04 Å². The average molecular weight is 272 g/mol. The molecule has 0 bridgehead atoms. The zero-order chi connectivity index (χ0) is 13.9. The summed E-state index contributed by atoms with van der Waals surface area (Å²) in [5, 5.41) is 3.38. The van der Waals surface area contributed by atoms with Crippen LogP contribution in [0.2, 0.25) is 0 Å². The fourth-order valence-corrected chi connectivity index (χ4v) is 3.36. The molecule has 3 rings (SSSR count). The van der Waals surface area contributed by atoms with Gasteiger partial charge in [0.25, 0.3) is 5.91 Å². The number of rotatable bonds is 1. The lowest BCUT2D eigenvalue weighted by molar-refractivity contribution is 0.0697. The van der Waals surface area contributed by atoms with Crippen LogP contribution in [0.1, 0.15) is 54.1 Å². The molecule has 20 heavy (non-hydrogen) atoms. The molecule has 1 saturated heterocycles. The monoisotopic (exact) mass is 272 g/mol. The summed E-state index contributed by atoms with van der Waals surface area (Å²) in [6.45, 7) is 5.04. The van der Waals surface area contributed by atoms with E-state index in [4.69, 9.17) is 0 Å². The average Bonchev–Trinajstić information content (AvgIpc) is 2.70. The molecule has 0 aromatic heterocycles. The molecule has 2 aliphatic rings. The van der Waals surface area contributed by atoms with Gasteiger partial charge >= 0.3 is 0 Å². The van der Waals surface area contributed by atoms with Crippen molar-refractivity contribution < 1.29 is 4.79 Å². The first-order chi connectivity index (χ1) is 9.75. The number of hydrogen-bond acceptors (Lipinski definition) is 2. The van der Waals surface area contributed by atoms with Crippen molar-refractivity contribution in [1.82, 2.24) is 10.2 Å². The summed E-state index contributed by atoms with van der Waals surface area (Å²) >= 11 is 0. The minimum Gasteiger partial charge on any atom is -0.336 e. The van der Waals surface area contributed by atoms with Gasteiger partial charge < -0.3 is 10.2 Å². The number of fused-ring (bicyclic) bond motifs is 1. The molecule has 1 N–H and O–H groups in total. The van der Waals surface area contributed by atoms with E-state index in [9.17, 15) is 4.79 Å². The molecule has 2 aliphatic heterocycles. The van der Waals surface area contributed by atoms with Crippen molar-refractivity contribution in [3.8, 4) is 0 Å². The summed E-state index contributed by atoms with van der Waals surface area (Å²) in [5.41, 5.74) is 3.55.